The molecule has 0 spiro atoms. The average Bonchev–Trinajstić information content (AvgIpc) is 3.38. The number of rotatable bonds is 3. The quantitative estimate of drug-likeness (QED) is 0.462. The smallest absolute Gasteiger partial charge is 0.234 e. The van der Waals surface area contributed by atoms with E-state index in [0.29, 0.717) is 28.3 Å². The molecule has 0 aliphatic rings. The lowest BCUT2D eigenvalue weighted by Gasteiger charge is -2.03. The van der Waals surface area contributed by atoms with Crippen LogP contribution in [0, 0.1) is 0 Å². The summed E-state index contributed by atoms with van der Waals surface area (Å²) in [6.07, 6.45) is 1.55. The van der Waals surface area contributed by atoms with Gasteiger partial charge in [0.15, 0.2) is 16.9 Å². The predicted octanol–water partition coefficient (Wildman–Crippen LogP) is 4.91. The Morgan fingerprint density at radius 2 is 1.56 bits per heavy atom. The predicted molar refractivity (Wildman–Crippen MR) is 103 cm³/mol. The summed E-state index contributed by atoms with van der Waals surface area (Å²) in [6, 6.07) is 24.2. The molecule has 0 bridgehead atoms. The van der Waals surface area contributed by atoms with Crippen LogP contribution in [-0.2, 0) is 0 Å². The van der Waals surface area contributed by atoms with E-state index in [4.69, 9.17) is 13.9 Å². The zero-order valence-electron chi connectivity index (χ0n) is 14.2. The molecule has 5 aromatic rings. The number of furan rings is 1. The van der Waals surface area contributed by atoms with Crippen molar-refractivity contribution < 1.29 is 8.83 Å². The first-order valence-electron chi connectivity index (χ1n) is 8.53. The van der Waals surface area contributed by atoms with Gasteiger partial charge in [-0.1, -0.05) is 48.5 Å². The molecule has 0 aliphatic carbocycles. The van der Waals surface area contributed by atoms with Crippen LogP contribution in [0.1, 0.15) is 0 Å². The normalized spacial score (nSPS) is 11.1. The van der Waals surface area contributed by atoms with Crippen molar-refractivity contribution in [3.8, 4) is 28.5 Å². The first kappa shape index (κ1) is 15.4. The van der Waals surface area contributed by atoms with Crippen molar-refractivity contribution in [3.05, 3.63) is 95.3 Å². The van der Waals surface area contributed by atoms with Crippen LogP contribution in [0.3, 0.4) is 0 Å². The van der Waals surface area contributed by atoms with E-state index in [1.54, 1.807) is 23.1 Å². The minimum Gasteiger partial charge on any atom is -0.461 e. The van der Waals surface area contributed by atoms with Gasteiger partial charge in [-0.2, -0.15) is 9.78 Å². The second kappa shape index (κ2) is 6.14. The maximum absolute atomic E-state index is 13.0. The van der Waals surface area contributed by atoms with Gasteiger partial charge in [0.05, 0.1) is 12.0 Å². The summed E-state index contributed by atoms with van der Waals surface area (Å²) in [5.74, 6) is 0.866. The molecule has 2 aromatic carbocycles. The van der Waals surface area contributed by atoms with E-state index in [1.807, 2.05) is 60.7 Å². The van der Waals surface area contributed by atoms with Crippen molar-refractivity contribution in [1.82, 2.24) is 9.78 Å². The van der Waals surface area contributed by atoms with Gasteiger partial charge in [-0.3, -0.25) is 4.79 Å². The van der Waals surface area contributed by atoms with Gasteiger partial charge < -0.3 is 8.83 Å². The highest BCUT2D eigenvalue weighted by Gasteiger charge is 2.20. The fraction of sp³-hybridized carbons (Fsp3) is 0. The number of hydrogen-bond acceptors (Lipinski definition) is 4. The minimum absolute atomic E-state index is 0.163. The highest BCUT2D eigenvalue weighted by atomic mass is 16.4. The zero-order chi connectivity index (χ0) is 18.2. The largest absolute Gasteiger partial charge is 0.461 e. The summed E-state index contributed by atoms with van der Waals surface area (Å²) in [5.41, 5.74) is 2.48. The molecule has 0 unspecified atom stereocenters. The van der Waals surface area contributed by atoms with E-state index in [2.05, 4.69) is 0 Å². The molecule has 5 nitrogen and oxygen atoms in total. The third kappa shape index (κ3) is 2.57. The van der Waals surface area contributed by atoms with Crippen molar-refractivity contribution in [2.75, 3.05) is 0 Å². The van der Waals surface area contributed by atoms with Crippen molar-refractivity contribution in [3.63, 3.8) is 0 Å². The van der Waals surface area contributed by atoms with E-state index < -0.39 is 0 Å². The summed E-state index contributed by atoms with van der Waals surface area (Å²) in [5, 5.41) is 5.15. The van der Waals surface area contributed by atoms with Crippen LogP contribution in [0.4, 0.5) is 0 Å². The molecule has 3 aromatic heterocycles. The number of nitrogens with zero attached hydrogens (tertiary/aromatic N) is 2. The first-order chi connectivity index (χ1) is 13.3. The molecule has 0 atom stereocenters. The zero-order valence-corrected chi connectivity index (χ0v) is 14.2. The highest BCUT2D eigenvalue weighted by Crippen LogP contribution is 2.30. The molecule has 130 valence electrons. The third-order valence-electron chi connectivity index (χ3n) is 4.37. The molecule has 0 saturated carbocycles. The van der Waals surface area contributed by atoms with E-state index in [9.17, 15) is 4.79 Å². The number of fused-ring (bicyclic) bond motifs is 1. The molecule has 0 saturated heterocycles. The SMILES string of the molecule is O=c1cc(-c2ccco2)oc2c1c(-c1ccccc1)nn2-c1ccccc1. The maximum atomic E-state index is 13.0. The van der Waals surface area contributed by atoms with E-state index in [0.717, 1.165) is 11.3 Å². The number of hydrogen-bond donors (Lipinski definition) is 0. The van der Waals surface area contributed by atoms with Crippen molar-refractivity contribution in [1.29, 1.82) is 0 Å². The third-order valence-corrected chi connectivity index (χ3v) is 4.37. The van der Waals surface area contributed by atoms with Crippen LogP contribution in [0.25, 0.3) is 39.6 Å². The van der Waals surface area contributed by atoms with Crippen LogP contribution in [0.15, 0.2) is 98.8 Å². The molecule has 0 N–H and O–H groups in total. The minimum atomic E-state index is -0.163. The fourth-order valence-electron chi connectivity index (χ4n) is 3.13. The topological polar surface area (TPSA) is 61.2 Å². The number of benzene rings is 2. The second-order valence-corrected chi connectivity index (χ2v) is 6.09. The lowest BCUT2D eigenvalue weighted by Crippen LogP contribution is -2.01. The Balaban J connectivity index is 1.86. The Morgan fingerprint density at radius 1 is 0.815 bits per heavy atom. The molecule has 0 amide bonds. The summed E-state index contributed by atoms with van der Waals surface area (Å²) < 4.78 is 13.1. The molecule has 3 heterocycles. The molecule has 0 radical (unpaired) electrons. The average molecular weight is 354 g/mol. The first-order valence-corrected chi connectivity index (χ1v) is 8.53. The van der Waals surface area contributed by atoms with Crippen LogP contribution in [-0.4, -0.2) is 9.78 Å². The van der Waals surface area contributed by atoms with Crippen molar-refractivity contribution in [2.45, 2.75) is 0 Å². The standard InChI is InChI=1S/C22H14N2O3/c25-17-14-19(18-12-7-13-26-18)27-22-20(17)21(15-8-3-1-4-9-15)23-24(22)16-10-5-2-6-11-16/h1-14H. The summed E-state index contributed by atoms with van der Waals surface area (Å²) in [4.78, 5) is 13.0. The molecule has 0 fully saturated rings. The van der Waals surface area contributed by atoms with Gasteiger partial charge in [0.1, 0.15) is 11.1 Å². The molecule has 5 heteroatoms. The van der Waals surface area contributed by atoms with Crippen LogP contribution in [0.5, 0.6) is 0 Å². The summed E-state index contributed by atoms with van der Waals surface area (Å²) in [6.45, 7) is 0. The van der Waals surface area contributed by atoms with Gasteiger partial charge >= 0.3 is 0 Å². The molecular formula is C22H14N2O3. The summed E-state index contributed by atoms with van der Waals surface area (Å²) in [7, 11) is 0. The Morgan fingerprint density at radius 3 is 2.26 bits per heavy atom. The van der Waals surface area contributed by atoms with E-state index >= 15 is 0 Å². The Hall–Kier alpha value is -3.86. The van der Waals surface area contributed by atoms with E-state index in [-0.39, 0.29) is 5.43 Å². The van der Waals surface area contributed by atoms with Gasteiger partial charge in [0, 0.05) is 11.6 Å². The fourth-order valence-corrected chi connectivity index (χ4v) is 3.13. The number of para-hydroxylation sites is 1. The summed E-state index contributed by atoms with van der Waals surface area (Å²) >= 11 is 0. The molecule has 0 aliphatic heterocycles. The Bertz CT molecular complexity index is 1270. The molecule has 5 rings (SSSR count). The van der Waals surface area contributed by atoms with Gasteiger partial charge in [0.2, 0.25) is 5.71 Å². The van der Waals surface area contributed by atoms with Gasteiger partial charge in [-0.25, -0.2) is 0 Å². The lowest BCUT2D eigenvalue weighted by atomic mass is 10.1. The second-order valence-electron chi connectivity index (χ2n) is 6.09. The Kier molecular flexibility index (Phi) is 3.50. The maximum Gasteiger partial charge on any atom is 0.234 e. The van der Waals surface area contributed by atoms with Crippen LogP contribution < -0.4 is 5.43 Å². The van der Waals surface area contributed by atoms with Gasteiger partial charge in [-0.05, 0) is 24.3 Å². The molecular weight excluding hydrogens is 340 g/mol. The van der Waals surface area contributed by atoms with Crippen LogP contribution >= 0.6 is 0 Å². The van der Waals surface area contributed by atoms with Crippen molar-refractivity contribution in [2.24, 2.45) is 0 Å². The number of aromatic nitrogens is 2. The lowest BCUT2D eigenvalue weighted by molar-refractivity contribution is 0.527. The van der Waals surface area contributed by atoms with Crippen molar-refractivity contribution >= 4 is 11.1 Å². The van der Waals surface area contributed by atoms with Gasteiger partial charge in [0.25, 0.3) is 0 Å². The molecule has 27 heavy (non-hydrogen) atoms. The monoisotopic (exact) mass is 354 g/mol. The Labute approximate surface area is 154 Å². The van der Waals surface area contributed by atoms with E-state index in [1.165, 1.54) is 6.07 Å². The van der Waals surface area contributed by atoms with Crippen LogP contribution in [0.2, 0.25) is 0 Å². The highest BCUT2D eigenvalue weighted by molar-refractivity contribution is 5.91. The van der Waals surface area contributed by atoms with Gasteiger partial charge in [-0.15, -0.1) is 0 Å².